The number of benzene rings is 4. The van der Waals surface area contributed by atoms with E-state index in [0.29, 0.717) is 50.0 Å². The molecule has 4 heterocycles. The van der Waals surface area contributed by atoms with Crippen molar-refractivity contribution in [1.29, 1.82) is 0 Å². The number of pyridine rings is 3. The van der Waals surface area contributed by atoms with Gasteiger partial charge in [0.25, 0.3) is 0 Å². The third kappa shape index (κ3) is 8.63. The molecule has 0 atom stereocenters. The molecule has 4 aromatic heterocycles. The summed E-state index contributed by atoms with van der Waals surface area (Å²) in [5, 5.41) is 2.34. The normalized spacial score (nSPS) is 12.9. The molecule has 0 spiro atoms. The maximum absolute atomic E-state index is 13.7. The van der Waals surface area contributed by atoms with Crippen LogP contribution in [0.25, 0.3) is 44.6 Å². The second-order valence-electron chi connectivity index (χ2n) is 12.8. The van der Waals surface area contributed by atoms with Crippen LogP contribution in [-0.4, -0.2) is 23.0 Å². The van der Waals surface area contributed by atoms with Crippen LogP contribution in [0, 0.1) is 18.1 Å². The summed E-state index contributed by atoms with van der Waals surface area (Å²) in [5.41, 5.74) is 6.09. The second-order valence-corrected chi connectivity index (χ2v) is 17.8. The molecule has 4 nitrogen and oxygen atoms in total. The smallest absolute Gasteiger partial charge is 0.141 e. The van der Waals surface area contributed by atoms with Crippen molar-refractivity contribution in [1.82, 2.24) is 15.0 Å². The molecule has 0 saturated carbocycles. The summed E-state index contributed by atoms with van der Waals surface area (Å²) in [6.07, 6.45) is 3.09. The van der Waals surface area contributed by atoms with Crippen LogP contribution in [0.15, 0.2) is 144 Å². The molecule has 0 aliphatic carbocycles. The summed E-state index contributed by atoms with van der Waals surface area (Å²) in [7, 11) is -1.76. The molecule has 0 N–H and O–H groups in total. The van der Waals surface area contributed by atoms with Crippen LogP contribution >= 0.6 is 0 Å². The Hall–Kier alpha value is -5.07. The molecule has 51 heavy (non-hydrogen) atoms. The van der Waals surface area contributed by atoms with Gasteiger partial charge in [-0.05, 0) is 81.9 Å². The minimum absolute atomic E-state index is 0. The molecule has 0 unspecified atom stereocenters. The number of aromatic nitrogens is 3. The zero-order valence-electron chi connectivity index (χ0n) is 32.2. The third-order valence-electron chi connectivity index (χ3n) is 8.08. The zero-order valence-corrected chi connectivity index (χ0v) is 31.6. The monoisotopic (exact) mass is 866 g/mol. The van der Waals surface area contributed by atoms with Crippen LogP contribution in [0.2, 0.25) is 19.6 Å². The molecule has 8 aromatic rings. The summed E-state index contributed by atoms with van der Waals surface area (Å²) < 4.78 is 54.1. The summed E-state index contributed by atoms with van der Waals surface area (Å²) in [6.45, 7) is 6.68. The summed E-state index contributed by atoms with van der Waals surface area (Å²) >= 11 is 0. The molecule has 0 saturated heterocycles. The molecule has 4 aromatic carbocycles. The van der Waals surface area contributed by atoms with Gasteiger partial charge in [-0.1, -0.05) is 98.0 Å². The summed E-state index contributed by atoms with van der Waals surface area (Å²) in [6, 6.07) is 40.6. The van der Waals surface area contributed by atoms with Crippen LogP contribution < -0.4 is 5.19 Å². The number of halogens is 1. The summed E-state index contributed by atoms with van der Waals surface area (Å²) in [4.78, 5) is 13.2. The van der Waals surface area contributed by atoms with E-state index in [9.17, 15) is 4.39 Å². The van der Waals surface area contributed by atoms with Crippen molar-refractivity contribution < 1.29 is 34.4 Å². The van der Waals surface area contributed by atoms with Crippen molar-refractivity contribution in [3.05, 3.63) is 180 Å². The molecule has 0 bridgehead atoms. The van der Waals surface area contributed by atoms with Crippen LogP contribution in [0.4, 0.5) is 4.39 Å². The van der Waals surface area contributed by atoms with Crippen LogP contribution in [0.5, 0.6) is 0 Å². The van der Waals surface area contributed by atoms with Gasteiger partial charge < -0.3 is 19.4 Å². The van der Waals surface area contributed by atoms with Crippen LogP contribution in [-0.2, 0) is 32.9 Å². The minimum atomic E-state index is -1.76. The average molecular weight is 866 g/mol. The average Bonchev–Trinajstić information content (AvgIpc) is 3.55. The largest absolute Gasteiger partial charge is 0.483 e. The molecule has 1 radical (unpaired) electrons. The van der Waals surface area contributed by atoms with Crippen LogP contribution in [0.3, 0.4) is 0 Å². The minimum Gasteiger partial charge on any atom is -0.483 e. The van der Waals surface area contributed by atoms with Crippen molar-refractivity contribution in [2.24, 2.45) is 0 Å². The first-order valence-corrected chi connectivity index (χ1v) is 19.8. The van der Waals surface area contributed by atoms with E-state index in [2.05, 4.69) is 46.9 Å². The van der Waals surface area contributed by atoms with E-state index in [1.54, 1.807) is 42.6 Å². The molecule has 0 amide bonds. The van der Waals surface area contributed by atoms with Gasteiger partial charge in [-0.2, -0.15) is 0 Å². The fourth-order valence-corrected chi connectivity index (χ4v) is 6.99. The Labute approximate surface area is 318 Å². The van der Waals surface area contributed by atoms with Gasteiger partial charge in [0, 0.05) is 43.4 Å². The Morgan fingerprint density at radius 1 is 0.706 bits per heavy atom. The topological polar surface area (TPSA) is 51.8 Å². The fraction of sp³-hybridized carbons (Fsp3) is 0.114. The van der Waals surface area contributed by atoms with Crippen molar-refractivity contribution >= 4 is 35.3 Å². The zero-order chi connectivity index (χ0) is 38.1. The van der Waals surface area contributed by atoms with Gasteiger partial charge in [-0.3, -0.25) is 0 Å². The number of hydrogen-bond donors (Lipinski definition) is 0. The standard InChI is InChI=1S/C23H14FN2O.C21H22NSi.Ir/c24-18-6-7-22-19(13-18)20-12-17(14-26-23(20)27-22)21-11-16(8-9-25-21)10-15-4-2-1-3-5-15;1-23(2,3)21-16-22-20(18-12-8-5-9-13-18)15-19(21)14-17-10-6-4-7-11-17;/h1-9,11-13H,10H2;4-12,15-16H,14H2,1-3H3;/q2*-1;/i10D2;14D2;. The van der Waals surface area contributed by atoms with E-state index >= 15 is 0 Å². The maximum atomic E-state index is 13.7. The van der Waals surface area contributed by atoms with E-state index in [-0.39, 0.29) is 25.9 Å². The van der Waals surface area contributed by atoms with Gasteiger partial charge in [0.1, 0.15) is 17.1 Å². The first kappa shape index (κ1) is 30.7. The van der Waals surface area contributed by atoms with Crippen LogP contribution in [0.1, 0.15) is 27.7 Å². The predicted octanol–water partition coefficient (Wildman–Crippen LogP) is 10.3. The van der Waals surface area contributed by atoms with E-state index in [0.717, 1.165) is 22.0 Å². The molecule has 255 valence electrons. The Bertz CT molecular complexity index is 2570. The Balaban J connectivity index is 0.000000186. The number of fused-ring (bicyclic) bond motifs is 3. The molecule has 0 aliphatic heterocycles. The first-order valence-electron chi connectivity index (χ1n) is 18.3. The van der Waals surface area contributed by atoms with Gasteiger partial charge in [0.2, 0.25) is 0 Å². The van der Waals surface area contributed by atoms with Gasteiger partial charge >= 0.3 is 0 Å². The quantitative estimate of drug-likeness (QED) is 0.118. The Morgan fingerprint density at radius 3 is 2.12 bits per heavy atom. The maximum Gasteiger partial charge on any atom is 0.141 e. The SMILES string of the molecule is [2H]C([2H])(c1ccccc1)c1cc(-c2[c-]cccc2)ncc1[Si](C)(C)C.[2H]C([2H])(c1ccccc1)c1ccnc(-c2[c-]nc3oc4ccc(F)cc4c3c2)c1.[Ir]. The van der Waals surface area contributed by atoms with Crippen molar-refractivity contribution in [3.63, 3.8) is 0 Å². The van der Waals surface area contributed by atoms with E-state index in [1.807, 2.05) is 85.1 Å². The van der Waals surface area contributed by atoms with Crippen molar-refractivity contribution in [3.8, 4) is 22.5 Å². The van der Waals surface area contributed by atoms with Gasteiger partial charge in [0.15, 0.2) is 0 Å². The number of nitrogens with zero attached hydrogens (tertiary/aromatic N) is 3. The molecular formula is C44H36FIrN3OSi-2. The molecule has 7 heteroatoms. The van der Waals surface area contributed by atoms with Crippen molar-refractivity contribution in [2.75, 3.05) is 0 Å². The molecule has 0 fully saturated rings. The van der Waals surface area contributed by atoms with Crippen molar-refractivity contribution in [2.45, 2.75) is 32.4 Å². The Kier molecular flexibility index (Phi) is 9.56. The molecule has 8 rings (SSSR count). The number of rotatable bonds is 7. The fourth-order valence-electron chi connectivity index (χ4n) is 5.59. The van der Waals surface area contributed by atoms with E-state index in [1.165, 1.54) is 12.1 Å². The van der Waals surface area contributed by atoms with E-state index in [4.69, 9.17) is 9.90 Å². The second kappa shape index (κ2) is 15.9. The molecular weight excluding hydrogens is 826 g/mol. The predicted molar refractivity (Wildman–Crippen MR) is 204 cm³/mol. The Morgan fingerprint density at radius 2 is 1.41 bits per heavy atom. The van der Waals surface area contributed by atoms with E-state index < -0.39 is 20.8 Å². The third-order valence-corrected chi connectivity index (χ3v) is 10.1. The number of furan rings is 1. The van der Waals surface area contributed by atoms with Gasteiger partial charge in [-0.15, -0.1) is 47.5 Å². The number of hydrogen-bond acceptors (Lipinski definition) is 4. The first-order chi connectivity index (χ1) is 25.8. The molecule has 0 aliphatic rings. The van der Waals surface area contributed by atoms with Gasteiger partial charge in [-0.25, -0.2) is 4.39 Å². The summed E-state index contributed by atoms with van der Waals surface area (Å²) in [5.74, 6) is -0.356. The van der Waals surface area contributed by atoms with Gasteiger partial charge in [0.05, 0.1) is 8.07 Å².